The second-order valence-corrected chi connectivity index (χ2v) is 5.32. The summed E-state index contributed by atoms with van der Waals surface area (Å²) in [5.74, 6) is -3.80. The highest BCUT2D eigenvalue weighted by molar-refractivity contribution is 6.27. The fraction of sp³-hybridized carbons (Fsp3) is 0.471. The Hall–Kier alpha value is -2.45. The minimum absolute atomic E-state index is 0.149. The third-order valence-corrected chi connectivity index (χ3v) is 3.45. The highest BCUT2D eigenvalue weighted by atomic mass is 16.5. The number of carbonyl (C=O) groups excluding carboxylic acids is 1. The van der Waals surface area contributed by atoms with Crippen LogP contribution in [0.15, 0.2) is 30.3 Å². The number of carbonyl (C=O) groups is 3. The number of hydrogen-bond donors (Lipinski definition) is 3. The van der Waals surface area contributed by atoms with E-state index in [0.717, 1.165) is 12.8 Å². The van der Waals surface area contributed by atoms with Crippen molar-refractivity contribution in [3.8, 4) is 0 Å². The van der Waals surface area contributed by atoms with Crippen LogP contribution < -0.4 is 5.32 Å². The van der Waals surface area contributed by atoms with Gasteiger partial charge in [-0.15, -0.1) is 0 Å². The van der Waals surface area contributed by atoms with Gasteiger partial charge in [0, 0.05) is 6.54 Å². The van der Waals surface area contributed by atoms with Gasteiger partial charge in [-0.2, -0.15) is 0 Å². The Morgan fingerprint density at radius 2 is 1.76 bits per heavy atom. The van der Waals surface area contributed by atoms with Gasteiger partial charge in [0.05, 0.1) is 19.3 Å². The summed E-state index contributed by atoms with van der Waals surface area (Å²) >= 11 is 0. The minimum atomic E-state index is -1.82. The van der Waals surface area contributed by atoms with Crippen LogP contribution in [-0.4, -0.2) is 53.4 Å². The van der Waals surface area contributed by atoms with Crippen LogP contribution in [0.1, 0.15) is 25.3 Å². The number of benzene rings is 1. The van der Waals surface area contributed by atoms with Crippen molar-refractivity contribution in [1.82, 2.24) is 5.32 Å². The van der Waals surface area contributed by atoms with Crippen LogP contribution in [0.25, 0.3) is 0 Å². The molecule has 0 aromatic heterocycles. The van der Waals surface area contributed by atoms with E-state index in [9.17, 15) is 4.79 Å². The first kappa shape index (κ1) is 20.6. The van der Waals surface area contributed by atoms with Gasteiger partial charge in [0.2, 0.25) is 0 Å². The van der Waals surface area contributed by atoms with Crippen molar-refractivity contribution in [2.75, 3.05) is 13.2 Å². The van der Waals surface area contributed by atoms with Crippen LogP contribution in [-0.2, 0) is 30.5 Å². The Balaban J connectivity index is 0.000000450. The van der Waals surface area contributed by atoms with Crippen molar-refractivity contribution in [2.45, 2.75) is 38.5 Å². The van der Waals surface area contributed by atoms with Gasteiger partial charge in [-0.3, -0.25) is 4.79 Å². The topological polar surface area (TPSA) is 122 Å². The molecule has 2 atom stereocenters. The molecular weight excluding hydrogens is 330 g/mol. The SMILES string of the molecule is CCOC(=O)[C@@H]1CC[C@@H](OCc2ccccc2)CN1.O=C(O)C(=O)O. The fourth-order valence-electron chi connectivity index (χ4n) is 2.20. The molecule has 0 amide bonds. The zero-order chi connectivity index (χ0) is 18.7. The first-order chi connectivity index (χ1) is 11.9. The largest absolute Gasteiger partial charge is 0.473 e. The molecule has 0 saturated carbocycles. The molecule has 1 aromatic carbocycles. The molecule has 8 nitrogen and oxygen atoms in total. The maximum Gasteiger partial charge on any atom is 0.414 e. The van der Waals surface area contributed by atoms with Gasteiger partial charge in [-0.1, -0.05) is 30.3 Å². The van der Waals surface area contributed by atoms with Crippen molar-refractivity contribution >= 4 is 17.9 Å². The summed E-state index contributed by atoms with van der Waals surface area (Å²) in [7, 11) is 0. The molecule has 1 aromatic rings. The zero-order valence-corrected chi connectivity index (χ0v) is 14.0. The van der Waals surface area contributed by atoms with Crippen LogP contribution >= 0.6 is 0 Å². The van der Waals surface area contributed by atoms with Crippen molar-refractivity contribution in [3.05, 3.63) is 35.9 Å². The third kappa shape index (κ3) is 8.27. The van der Waals surface area contributed by atoms with E-state index in [1.54, 1.807) is 0 Å². The number of hydrogen-bond acceptors (Lipinski definition) is 6. The number of nitrogens with one attached hydrogen (secondary N) is 1. The molecule has 1 heterocycles. The molecule has 1 aliphatic rings. The minimum Gasteiger partial charge on any atom is -0.473 e. The molecule has 8 heteroatoms. The predicted molar refractivity (Wildman–Crippen MR) is 87.9 cm³/mol. The molecule has 0 aliphatic carbocycles. The summed E-state index contributed by atoms with van der Waals surface area (Å²) in [6.07, 6.45) is 1.84. The van der Waals surface area contributed by atoms with Gasteiger partial charge >= 0.3 is 17.9 Å². The van der Waals surface area contributed by atoms with Crippen LogP contribution in [0.5, 0.6) is 0 Å². The number of ether oxygens (including phenoxy) is 2. The molecule has 0 unspecified atom stereocenters. The number of carboxylic acids is 2. The molecule has 0 bridgehead atoms. The van der Waals surface area contributed by atoms with E-state index < -0.39 is 11.9 Å². The summed E-state index contributed by atoms with van der Waals surface area (Å²) in [5, 5.41) is 18.0. The van der Waals surface area contributed by atoms with Crippen molar-refractivity contribution in [1.29, 1.82) is 0 Å². The van der Waals surface area contributed by atoms with Crippen molar-refractivity contribution in [2.24, 2.45) is 0 Å². The Morgan fingerprint density at radius 3 is 2.24 bits per heavy atom. The highest BCUT2D eigenvalue weighted by Crippen LogP contribution is 2.14. The second kappa shape index (κ2) is 11.2. The Labute approximate surface area is 145 Å². The van der Waals surface area contributed by atoms with Crippen molar-refractivity contribution < 1.29 is 34.1 Å². The average Bonchev–Trinajstić information content (AvgIpc) is 2.62. The maximum atomic E-state index is 11.6. The Bertz CT molecular complexity index is 541. The Kier molecular flexibility index (Phi) is 9.20. The van der Waals surface area contributed by atoms with Gasteiger partial charge in [0.15, 0.2) is 0 Å². The van der Waals surface area contributed by atoms with Gasteiger partial charge in [0.1, 0.15) is 6.04 Å². The molecule has 0 spiro atoms. The maximum absolute atomic E-state index is 11.6. The van der Waals surface area contributed by atoms with Crippen LogP contribution in [0, 0.1) is 0 Å². The summed E-state index contributed by atoms with van der Waals surface area (Å²) < 4.78 is 10.8. The zero-order valence-electron chi connectivity index (χ0n) is 14.0. The quantitative estimate of drug-likeness (QED) is 0.530. The highest BCUT2D eigenvalue weighted by Gasteiger charge is 2.26. The molecule has 1 fully saturated rings. The Morgan fingerprint density at radius 1 is 1.12 bits per heavy atom. The number of carboxylic acid groups (broad SMARTS) is 2. The number of esters is 1. The smallest absolute Gasteiger partial charge is 0.414 e. The average molecular weight is 353 g/mol. The van der Waals surface area contributed by atoms with Crippen LogP contribution in [0.3, 0.4) is 0 Å². The van der Waals surface area contributed by atoms with Crippen LogP contribution in [0.2, 0.25) is 0 Å². The van der Waals surface area contributed by atoms with E-state index in [-0.39, 0.29) is 18.1 Å². The van der Waals surface area contributed by atoms with E-state index in [2.05, 4.69) is 17.4 Å². The lowest BCUT2D eigenvalue weighted by molar-refractivity contribution is -0.159. The summed E-state index contributed by atoms with van der Waals surface area (Å²) in [6.45, 7) is 3.59. The molecule has 2 rings (SSSR count). The third-order valence-electron chi connectivity index (χ3n) is 3.45. The van der Waals surface area contributed by atoms with E-state index >= 15 is 0 Å². The summed E-state index contributed by atoms with van der Waals surface area (Å²) in [5.41, 5.74) is 1.18. The fourth-order valence-corrected chi connectivity index (χ4v) is 2.20. The number of rotatable bonds is 5. The molecule has 0 radical (unpaired) electrons. The predicted octanol–water partition coefficient (Wildman–Crippen LogP) is 1.04. The summed E-state index contributed by atoms with van der Waals surface area (Å²) in [4.78, 5) is 29.8. The van der Waals surface area contributed by atoms with Crippen molar-refractivity contribution in [3.63, 3.8) is 0 Å². The second-order valence-electron chi connectivity index (χ2n) is 5.32. The summed E-state index contributed by atoms with van der Waals surface area (Å²) in [6, 6.07) is 9.95. The van der Waals surface area contributed by atoms with E-state index in [1.807, 2.05) is 25.1 Å². The van der Waals surface area contributed by atoms with E-state index in [1.165, 1.54) is 5.56 Å². The van der Waals surface area contributed by atoms with E-state index in [0.29, 0.717) is 19.8 Å². The molecule has 138 valence electrons. The number of aliphatic carboxylic acids is 2. The monoisotopic (exact) mass is 353 g/mol. The lowest BCUT2D eigenvalue weighted by atomic mass is 10.0. The van der Waals surface area contributed by atoms with Gasteiger partial charge in [-0.05, 0) is 25.3 Å². The molecular formula is C17H23NO7. The first-order valence-electron chi connectivity index (χ1n) is 7.95. The molecule has 1 saturated heterocycles. The van der Waals surface area contributed by atoms with Gasteiger partial charge < -0.3 is 25.0 Å². The molecule has 3 N–H and O–H groups in total. The first-order valence-corrected chi connectivity index (χ1v) is 7.95. The standard InChI is InChI=1S/C15H21NO3.C2H2O4/c1-2-18-15(17)14-9-8-13(10-16-14)19-11-12-6-4-3-5-7-12;3-1(4)2(5)6/h3-7,13-14,16H,2,8-11H2,1H3;(H,3,4)(H,5,6)/t13-,14+;/m1./s1. The molecule has 1 aliphatic heterocycles. The lowest BCUT2D eigenvalue weighted by Crippen LogP contribution is -2.47. The van der Waals surface area contributed by atoms with Gasteiger partial charge in [-0.25, -0.2) is 9.59 Å². The number of piperidine rings is 1. The van der Waals surface area contributed by atoms with Crippen LogP contribution in [0.4, 0.5) is 0 Å². The van der Waals surface area contributed by atoms with Gasteiger partial charge in [0.25, 0.3) is 0 Å². The van der Waals surface area contributed by atoms with E-state index in [4.69, 9.17) is 29.3 Å². The molecule has 25 heavy (non-hydrogen) atoms. The lowest BCUT2D eigenvalue weighted by Gasteiger charge is -2.28. The normalized spacial score (nSPS) is 19.2.